The van der Waals surface area contributed by atoms with E-state index in [4.69, 9.17) is 0 Å². The van der Waals surface area contributed by atoms with Gasteiger partial charge in [0.2, 0.25) is 0 Å². The van der Waals surface area contributed by atoms with Crippen LogP contribution in [-0.4, -0.2) is 24.3 Å². The molecular weight excluding hydrogens is 577 g/mol. The number of hydrogen-bond donors (Lipinski definition) is 1. The van der Waals surface area contributed by atoms with Gasteiger partial charge in [-0.2, -0.15) is 0 Å². The molecular formula is C29H26BrNOSn. The van der Waals surface area contributed by atoms with E-state index >= 15 is 0 Å². The summed E-state index contributed by atoms with van der Waals surface area (Å²) in [6.45, 7) is 0.617. The van der Waals surface area contributed by atoms with Crippen LogP contribution in [0, 0.1) is 0 Å². The van der Waals surface area contributed by atoms with Gasteiger partial charge in [0.1, 0.15) is 0 Å². The average molecular weight is 603 g/mol. The van der Waals surface area contributed by atoms with E-state index in [1.807, 2.05) is 0 Å². The van der Waals surface area contributed by atoms with Crippen molar-refractivity contribution in [2.75, 3.05) is 0 Å². The molecule has 0 atom stereocenters. The van der Waals surface area contributed by atoms with Gasteiger partial charge in [-0.25, -0.2) is 0 Å². The number of amides is 1. The predicted octanol–water partition coefficient (Wildman–Crippen LogP) is 5.69. The summed E-state index contributed by atoms with van der Waals surface area (Å²) in [5.41, 5.74) is 6.10. The molecule has 1 N–H and O–H groups in total. The molecule has 4 aromatic carbocycles. The average Bonchev–Trinajstić information content (AvgIpc) is 3.20. The number of benzene rings is 4. The number of hydrogen-bond acceptors (Lipinski definition) is 1. The Morgan fingerprint density at radius 3 is 1.61 bits per heavy atom. The molecule has 1 aliphatic heterocycles. The van der Waals surface area contributed by atoms with Gasteiger partial charge in [-0.15, -0.1) is 0 Å². The first-order valence-corrected chi connectivity index (χ1v) is 19.6. The third kappa shape index (κ3) is 4.95. The second kappa shape index (κ2) is 9.86. The van der Waals surface area contributed by atoms with Crippen LogP contribution in [0.15, 0.2) is 108 Å². The van der Waals surface area contributed by atoms with Gasteiger partial charge < -0.3 is 0 Å². The molecule has 0 fully saturated rings. The fourth-order valence-electron chi connectivity index (χ4n) is 5.08. The summed E-state index contributed by atoms with van der Waals surface area (Å²) in [5.74, 6) is 0.0538. The summed E-state index contributed by atoms with van der Waals surface area (Å²) in [4.78, 5) is 12.6. The Morgan fingerprint density at radius 1 is 0.697 bits per heavy atom. The van der Waals surface area contributed by atoms with Crippen molar-refractivity contribution in [2.24, 2.45) is 0 Å². The van der Waals surface area contributed by atoms with Crippen molar-refractivity contribution < 1.29 is 4.79 Å². The van der Waals surface area contributed by atoms with Crippen LogP contribution in [0.2, 0.25) is 0 Å². The zero-order valence-electron chi connectivity index (χ0n) is 18.4. The van der Waals surface area contributed by atoms with Crippen molar-refractivity contribution in [3.05, 3.63) is 135 Å². The molecule has 0 bridgehead atoms. The standard InChI is InChI=1S/C8H5BrNO.3C7H7.Sn/c9-6-1-2-7-5(3-6)4-10-8(7)11;3*1-7-5-3-2-4-6-7;/h2-3H,4H2,(H,10,11);3*2-6H,1H2;. The van der Waals surface area contributed by atoms with Gasteiger partial charge in [0.05, 0.1) is 0 Å². The minimum atomic E-state index is -3.26. The molecule has 0 aromatic heterocycles. The third-order valence-electron chi connectivity index (χ3n) is 6.60. The van der Waals surface area contributed by atoms with E-state index in [1.54, 1.807) is 0 Å². The van der Waals surface area contributed by atoms with Crippen LogP contribution in [0.5, 0.6) is 0 Å². The molecule has 4 aromatic rings. The topological polar surface area (TPSA) is 29.1 Å². The molecule has 5 rings (SSSR count). The quantitative estimate of drug-likeness (QED) is 0.271. The van der Waals surface area contributed by atoms with Crippen LogP contribution in [0.3, 0.4) is 0 Å². The summed E-state index contributed by atoms with van der Waals surface area (Å²) in [6, 6.07) is 37.1. The molecule has 0 spiro atoms. The van der Waals surface area contributed by atoms with Crippen LogP contribution in [0.1, 0.15) is 32.6 Å². The molecule has 1 aliphatic rings. The van der Waals surface area contributed by atoms with E-state index in [0.717, 1.165) is 28.9 Å². The van der Waals surface area contributed by atoms with Crippen molar-refractivity contribution in [3.8, 4) is 0 Å². The zero-order chi connectivity index (χ0) is 22.7. The van der Waals surface area contributed by atoms with E-state index in [-0.39, 0.29) is 5.91 Å². The van der Waals surface area contributed by atoms with Gasteiger partial charge >= 0.3 is 209 Å². The maximum atomic E-state index is 12.6. The zero-order valence-corrected chi connectivity index (χ0v) is 22.9. The van der Waals surface area contributed by atoms with E-state index in [1.165, 1.54) is 20.3 Å². The number of carbonyl (C=O) groups is 1. The van der Waals surface area contributed by atoms with Gasteiger partial charge in [-0.05, 0) is 0 Å². The fraction of sp³-hybridized carbons (Fsp3) is 0.138. The molecule has 4 heteroatoms. The van der Waals surface area contributed by atoms with Gasteiger partial charge in [0, 0.05) is 0 Å². The van der Waals surface area contributed by atoms with E-state index in [9.17, 15) is 4.79 Å². The van der Waals surface area contributed by atoms with Gasteiger partial charge in [-0.3, -0.25) is 0 Å². The first kappa shape index (κ1) is 22.4. The molecule has 0 radical (unpaired) electrons. The summed E-state index contributed by atoms with van der Waals surface area (Å²) in [7, 11) is 0. The molecule has 1 amide bonds. The van der Waals surface area contributed by atoms with Gasteiger partial charge in [0.25, 0.3) is 0 Å². The second-order valence-corrected chi connectivity index (χ2v) is 21.7. The molecule has 33 heavy (non-hydrogen) atoms. The third-order valence-corrected chi connectivity index (χ3v) is 22.0. The van der Waals surface area contributed by atoms with E-state index in [2.05, 4.69) is 124 Å². The molecule has 1 heterocycles. The van der Waals surface area contributed by atoms with Crippen LogP contribution < -0.4 is 8.90 Å². The summed E-state index contributed by atoms with van der Waals surface area (Å²) in [5, 5.41) is 3.00. The van der Waals surface area contributed by atoms with Crippen molar-refractivity contribution >= 4 is 43.8 Å². The van der Waals surface area contributed by atoms with Crippen molar-refractivity contribution in [2.45, 2.75) is 19.9 Å². The molecule has 0 saturated heterocycles. The molecule has 0 unspecified atom stereocenters. The van der Waals surface area contributed by atoms with Gasteiger partial charge in [0.15, 0.2) is 0 Å². The van der Waals surface area contributed by atoms with Crippen molar-refractivity contribution in [3.63, 3.8) is 0 Å². The summed E-state index contributed by atoms with van der Waals surface area (Å²) in [6.07, 6.45) is 0. The van der Waals surface area contributed by atoms with E-state index < -0.39 is 18.4 Å². The van der Waals surface area contributed by atoms with Crippen LogP contribution in [0.25, 0.3) is 0 Å². The number of nitrogens with one attached hydrogen (secondary N) is 1. The normalized spacial score (nSPS) is 12.9. The monoisotopic (exact) mass is 603 g/mol. The SMILES string of the molecule is O=C1NCc2cc(Br)[c]([Sn]([CH2]c3ccccc3)([CH2]c3ccccc3)[CH2]c3ccccc3)cc21. The van der Waals surface area contributed by atoms with Crippen LogP contribution >= 0.6 is 15.9 Å². The number of rotatable bonds is 7. The molecule has 0 aliphatic carbocycles. The number of carbonyl (C=O) groups excluding carboxylic acids is 1. The Hall–Kier alpha value is -2.37. The fourth-order valence-corrected chi connectivity index (χ4v) is 22.6. The molecule has 2 nitrogen and oxygen atoms in total. The van der Waals surface area contributed by atoms with Gasteiger partial charge in [-0.1, -0.05) is 0 Å². The maximum absolute atomic E-state index is 12.6. The Morgan fingerprint density at radius 2 is 1.15 bits per heavy atom. The Labute approximate surface area is 208 Å². The first-order chi connectivity index (χ1) is 16.1. The summed E-state index contributed by atoms with van der Waals surface area (Å²) >= 11 is 0.696. The molecule has 164 valence electrons. The van der Waals surface area contributed by atoms with Crippen LogP contribution in [-0.2, 0) is 19.9 Å². The number of halogens is 1. The van der Waals surface area contributed by atoms with Crippen molar-refractivity contribution in [1.82, 2.24) is 5.32 Å². The second-order valence-electron chi connectivity index (χ2n) is 8.94. The Balaban J connectivity index is 1.71. The summed E-state index contributed by atoms with van der Waals surface area (Å²) < 4.78 is 5.81. The van der Waals surface area contributed by atoms with Crippen molar-refractivity contribution in [1.29, 1.82) is 0 Å². The predicted molar refractivity (Wildman–Crippen MR) is 141 cm³/mol. The number of fused-ring (bicyclic) bond motifs is 1. The molecule has 0 saturated carbocycles. The first-order valence-electron chi connectivity index (χ1n) is 11.4. The van der Waals surface area contributed by atoms with Crippen LogP contribution in [0.4, 0.5) is 0 Å². The Kier molecular flexibility index (Phi) is 6.70. The van der Waals surface area contributed by atoms with E-state index in [0.29, 0.717) is 6.54 Å². The Bertz CT molecular complexity index is 1160. The minimum absolute atomic E-state index is 0.0538.